The first-order chi connectivity index (χ1) is 12.1. The Kier molecular flexibility index (Phi) is 7.41. The number of rotatable bonds is 8. The van der Waals surface area contributed by atoms with Crippen molar-refractivity contribution in [3.05, 3.63) is 65.5 Å². The summed E-state index contributed by atoms with van der Waals surface area (Å²) in [6.45, 7) is 5.60. The highest BCUT2D eigenvalue weighted by Crippen LogP contribution is 2.12. The Morgan fingerprint density at radius 3 is 2.44 bits per heavy atom. The summed E-state index contributed by atoms with van der Waals surface area (Å²) in [5, 5.41) is 2.99. The van der Waals surface area contributed by atoms with E-state index in [1.165, 1.54) is 5.56 Å². The molecule has 1 aromatic heterocycles. The third-order valence-electron chi connectivity index (χ3n) is 3.97. The summed E-state index contributed by atoms with van der Waals surface area (Å²) in [5.41, 5.74) is 3.40. The smallest absolute Gasteiger partial charge is 0.318 e. The van der Waals surface area contributed by atoms with Crippen LogP contribution in [0.3, 0.4) is 0 Å². The van der Waals surface area contributed by atoms with Gasteiger partial charge in [-0.25, -0.2) is 4.79 Å². The number of nitrogens with one attached hydrogen (secondary N) is 1. The van der Waals surface area contributed by atoms with Crippen LogP contribution >= 0.6 is 0 Å². The molecule has 5 heteroatoms. The van der Waals surface area contributed by atoms with Gasteiger partial charge in [0.25, 0.3) is 0 Å². The molecule has 134 valence electrons. The van der Waals surface area contributed by atoms with Crippen LogP contribution in [0.2, 0.25) is 0 Å². The molecule has 1 atom stereocenters. The molecule has 25 heavy (non-hydrogen) atoms. The van der Waals surface area contributed by atoms with Gasteiger partial charge in [0.1, 0.15) is 0 Å². The van der Waals surface area contributed by atoms with Gasteiger partial charge in [-0.05, 0) is 36.1 Å². The van der Waals surface area contributed by atoms with Crippen LogP contribution in [-0.4, -0.2) is 35.7 Å². The van der Waals surface area contributed by atoms with Crippen LogP contribution < -0.4 is 5.32 Å². The number of aryl methyl sites for hydroxylation is 1. The Hall–Kier alpha value is -2.40. The van der Waals surface area contributed by atoms with E-state index in [1.807, 2.05) is 19.1 Å². The van der Waals surface area contributed by atoms with Crippen molar-refractivity contribution in [2.24, 2.45) is 0 Å². The minimum atomic E-state index is -0.104. The first-order valence-corrected chi connectivity index (χ1v) is 8.63. The van der Waals surface area contributed by atoms with E-state index >= 15 is 0 Å². The number of amides is 2. The van der Waals surface area contributed by atoms with Gasteiger partial charge in [-0.3, -0.25) is 4.98 Å². The second-order valence-electron chi connectivity index (χ2n) is 6.19. The average Bonchev–Trinajstić information content (AvgIpc) is 2.63. The maximum Gasteiger partial charge on any atom is 0.318 e. The molecule has 0 aliphatic carbocycles. The molecule has 2 amide bonds. The highest BCUT2D eigenvalue weighted by atomic mass is 16.5. The predicted molar refractivity (Wildman–Crippen MR) is 99.2 cm³/mol. The SMILES string of the molecule is CCc1ccc(CN(Cc2cccnc2)C(=O)NC(C)COC)cc1. The zero-order valence-electron chi connectivity index (χ0n) is 15.2. The summed E-state index contributed by atoms with van der Waals surface area (Å²) in [5.74, 6) is 0. The van der Waals surface area contributed by atoms with Crippen LogP contribution in [0.5, 0.6) is 0 Å². The van der Waals surface area contributed by atoms with Gasteiger partial charge in [0, 0.05) is 32.6 Å². The molecule has 0 radical (unpaired) electrons. The van der Waals surface area contributed by atoms with Gasteiger partial charge >= 0.3 is 6.03 Å². The predicted octanol–water partition coefficient (Wildman–Crippen LogP) is 3.39. The van der Waals surface area contributed by atoms with E-state index in [0.29, 0.717) is 19.7 Å². The molecule has 1 heterocycles. The topological polar surface area (TPSA) is 54.5 Å². The molecule has 0 aliphatic heterocycles. The first-order valence-electron chi connectivity index (χ1n) is 8.63. The molecular weight excluding hydrogens is 314 g/mol. The number of hydrogen-bond acceptors (Lipinski definition) is 3. The van der Waals surface area contributed by atoms with Crippen molar-refractivity contribution < 1.29 is 9.53 Å². The second kappa shape index (κ2) is 9.79. The van der Waals surface area contributed by atoms with E-state index < -0.39 is 0 Å². The molecule has 0 aliphatic rings. The highest BCUT2D eigenvalue weighted by Gasteiger charge is 2.17. The van der Waals surface area contributed by atoms with Crippen molar-refractivity contribution in [1.82, 2.24) is 15.2 Å². The average molecular weight is 341 g/mol. The number of urea groups is 1. The third kappa shape index (κ3) is 6.19. The number of hydrogen-bond donors (Lipinski definition) is 1. The van der Waals surface area contributed by atoms with Gasteiger partial charge in [0.05, 0.1) is 12.6 Å². The second-order valence-corrected chi connectivity index (χ2v) is 6.19. The minimum Gasteiger partial charge on any atom is -0.383 e. The lowest BCUT2D eigenvalue weighted by atomic mass is 10.1. The minimum absolute atomic E-state index is 0.0450. The first kappa shape index (κ1) is 18.9. The number of benzene rings is 1. The molecule has 1 aromatic carbocycles. The molecule has 0 saturated heterocycles. The van der Waals surface area contributed by atoms with E-state index in [1.54, 1.807) is 24.4 Å². The molecule has 0 bridgehead atoms. The van der Waals surface area contributed by atoms with Crippen LogP contribution in [0.1, 0.15) is 30.5 Å². The molecule has 2 rings (SSSR count). The van der Waals surface area contributed by atoms with E-state index in [4.69, 9.17) is 4.74 Å². The highest BCUT2D eigenvalue weighted by molar-refractivity contribution is 5.74. The standard InChI is InChI=1S/C20H27N3O2/c1-4-17-7-9-18(10-8-17)13-23(14-19-6-5-11-21-12-19)20(24)22-16(2)15-25-3/h5-12,16H,4,13-15H2,1-3H3,(H,22,24). The van der Waals surface area contributed by atoms with Crippen molar-refractivity contribution in [3.63, 3.8) is 0 Å². The molecule has 0 saturated carbocycles. The van der Waals surface area contributed by atoms with Crippen LogP contribution in [-0.2, 0) is 24.2 Å². The van der Waals surface area contributed by atoms with E-state index in [-0.39, 0.29) is 12.1 Å². The van der Waals surface area contributed by atoms with Gasteiger partial charge in [-0.15, -0.1) is 0 Å². The Balaban J connectivity index is 2.11. The normalized spacial score (nSPS) is 11.8. The molecule has 0 spiro atoms. The maximum absolute atomic E-state index is 12.7. The zero-order chi connectivity index (χ0) is 18.1. The number of nitrogens with zero attached hydrogens (tertiary/aromatic N) is 2. The van der Waals surface area contributed by atoms with Gasteiger partial charge < -0.3 is 15.0 Å². The van der Waals surface area contributed by atoms with E-state index in [9.17, 15) is 4.79 Å². The maximum atomic E-state index is 12.7. The van der Waals surface area contributed by atoms with E-state index in [2.05, 4.69) is 41.5 Å². The summed E-state index contributed by atoms with van der Waals surface area (Å²) >= 11 is 0. The lowest BCUT2D eigenvalue weighted by Crippen LogP contribution is -2.44. The summed E-state index contributed by atoms with van der Waals surface area (Å²) in [4.78, 5) is 18.6. The number of carbonyl (C=O) groups excluding carboxylic acids is 1. The molecular formula is C20H27N3O2. The number of carbonyl (C=O) groups is 1. The fourth-order valence-corrected chi connectivity index (χ4v) is 2.61. The largest absolute Gasteiger partial charge is 0.383 e. The molecule has 5 nitrogen and oxygen atoms in total. The number of aromatic nitrogens is 1. The van der Waals surface area contributed by atoms with Crippen LogP contribution in [0.15, 0.2) is 48.8 Å². The van der Waals surface area contributed by atoms with Crippen molar-refractivity contribution in [2.75, 3.05) is 13.7 Å². The summed E-state index contributed by atoms with van der Waals surface area (Å²) in [6.07, 6.45) is 4.53. The Morgan fingerprint density at radius 2 is 1.84 bits per heavy atom. The Labute approximate surface area is 150 Å². The van der Waals surface area contributed by atoms with E-state index in [0.717, 1.165) is 17.5 Å². The van der Waals surface area contributed by atoms with Gasteiger partial charge in [-0.2, -0.15) is 0 Å². The van der Waals surface area contributed by atoms with Gasteiger partial charge in [0.15, 0.2) is 0 Å². The van der Waals surface area contributed by atoms with Crippen LogP contribution in [0, 0.1) is 0 Å². The summed E-state index contributed by atoms with van der Waals surface area (Å²) < 4.78 is 5.10. The fourth-order valence-electron chi connectivity index (χ4n) is 2.61. The van der Waals surface area contributed by atoms with Gasteiger partial charge in [0.2, 0.25) is 0 Å². The monoisotopic (exact) mass is 341 g/mol. The lowest BCUT2D eigenvalue weighted by Gasteiger charge is -2.25. The number of methoxy groups -OCH3 is 1. The fraction of sp³-hybridized carbons (Fsp3) is 0.400. The Bertz CT molecular complexity index is 644. The number of pyridine rings is 1. The van der Waals surface area contributed by atoms with Crippen molar-refractivity contribution in [3.8, 4) is 0 Å². The van der Waals surface area contributed by atoms with Crippen LogP contribution in [0.25, 0.3) is 0 Å². The molecule has 1 N–H and O–H groups in total. The van der Waals surface area contributed by atoms with Crippen LogP contribution in [0.4, 0.5) is 4.79 Å². The quantitative estimate of drug-likeness (QED) is 0.801. The zero-order valence-corrected chi connectivity index (χ0v) is 15.2. The van der Waals surface area contributed by atoms with Gasteiger partial charge in [-0.1, -0.05) is 37.3 Å². The third-order valence-corrected chi connectivity index (χ3v) is 3.97. The summed E-state index contributed by atoms with van der Waals surface area (Å²) in [7, 11) is 1.63. The summed E-state index contributed by atoms with van der Waals surface area (Å²) in [6, 6.07) is 12.1. The molecule has 1 unspecified atom stereocenters. The van der Waals surface area contributed by atoms with Crippen molar-refractivity contribution in [1.29, 1.82) is 0 Å². The molecule has 0 fully saturated rings. The lowest BCUT2D eigenvalue weighted by molar-refractivity contribution is 0.156. The number of ether oxygens (including phenoxy) is 1. The van der Waals surface area contributed by atoms with Crippen molar-refractivity contribution >= 4 is 6.03 Å². The van der Waals surface area contributed by atoms with Crippen molar-refractivity contribution in [2.45, 2.75) is 39.4 Å². The Morgan fingerprint density at radius 1 is 1.16 bits per heavy atom. The molecule has 2 aromatic rings.